The summed E-state index contributed by atoms with van der Waals surface area (Å²) in [6.45, 7) is 0. The minimum absolute atomic E-state index is 0.338. The van der Waals surface area contributed by atoms with Gasteiger partial charge >= 0.3 is 0 Å². The predicted molar refractivity (Wildman–Crippen MR) is 148 cm³/mol. The van der Waals surface area contributed by atoms with E-state index < -0.39 is 0 Å². The van der Waals surface area contributed by atoms with Crippen LogP contribution in [0.1, 0.15) is 47.3 Å². The Morgan fingerprint density at radius 1 is 0.921 bits per heavy atom. The second-order valence-corrected chi connectivity index (χ2v) is 9.74. The highest BCUT2D eigenvalue weighted by molar-refractivity contribution is 6.32. The molecule has 38 heavy (non-hydrogen) atoms. The van der Waals surface area contributed by atoms with Crippen LogP contribution in [-0.4, -0.2) is 30.8 Å². The number of halogens is 2. The van der Waals surface area contributed by atoms with Gasteiger partial charge in [0.1, 0.15) is 5.82 Å². The lowest BCUT2D eigenvalue weighted by Gasteiger charge is -2.32. The maximum absolute atomic E-state index is 14.0. The third kappa shape index (κ3) is 4.93. The number of hydrogen-bond acceptors (Lipinski definition) is 4. The van der Waals surface area contributed by atoms with Crippen molar-refractivity contribution in [3.8, 4) is 11.1 Å². The molecule has 6 rings (SSSR count). The van der Waals surface area contributed by atoms with Crippen LogP contribution in [0.5, 0.6) is 0 Å². The summed E-state index contributed by atoms with van der Waals surface area (Å²) in [7, 11) is 0. The molecule has 0 spiro atoms. The highest BCUT2D eigenvalue weighted by Gasteiger charge is 2.28. The summed E-state index contributed by atoms with van der Waals surface area (Å²) < 4.78 is 14.0. The zero-order valence-corrected chi connectivity index (χ0v) is 21.2. The first-order valence-corrected chi connectivity index (χ1v) is 12.8. The number of nitrogens with zero attached hydrogens (tertiary/aromatic N) is 4. The van der Waals surface area contributed by atoms with Gasteiger partial charge in [-0.25, -0.2) is 4.39 Å². The van der Waals surface area contributed by atoms with Gasteiger partial charge in [0, 0.05) is 11.8 Å². The smallest absolute Gasteiger partial charge is 0.197 e. The molecule has 0 aliphatic heterocycles. The van der Waals surface area contributed by atoms with Crippen LogP contribution in [0.4, 0.5) is 4.39 Å². The largest absolute Gasteiger partial charge is 0.285 e. The molecule has 2 N–H and O–H groups in total. The summed E-state index contributed by atoms with van der Waals surface area (Å²) in [5.41, 5.74) is 8.41. The SMILES string of the molecule is Fc1ccc(C(=C(c2ccc(/C=C/c3nn[nH]n3)cc2)c2ccc(-c3cn[nH]c3)cc2)C2CCC2)c(Cl)c1. The summed E-state index contributed by atoms with van der Waals surface area (Å²) in [4.78, 5) is 0. The van der Waals surface area contributed by atoms with Crippen LogP contribution in [0.25, 0.3) is 34.4 Å². The van der Waals surface area contributed by atoms with E-state index in [4.69, 9.17) is 11.6 Å². The number of hydrogen-bond donors (Lipinski definition) is 2. The normalized spacial score (nSPS) is 14.5. The number of H-pyrrole nitrogens is 2. The molecule has 1 saturated carbocycles. The molecule has 0 amide bonds. The molecule has 0 atom stereocenters. The van der Waals surface area contributed by atoms with Gasteiger partial charge in [-0.05, 0) is 81.1 Å². The zero-order chi connectivity index (χ0) is 25.9. The average Bonchev–Trinajstić information content (AvgIpc) is 3.62. The van der Waals surface area contributed by atoms with E-state index >= 15 is 0 Å². The Kier molecular flexibility index (Phi) is 6.67. The van der Waals surface area contributed by atoms with Crippen molar-refractivity contribution in [1.29, 1.82) is 0 Å². The fraction of sp³-hybridized carbons (Fsp3) is 0.133. The van der Waals surface area contributed by atoms with E-state index in [9.17, 15) is 4.39 Å². The summed E-state index contributed by atoms with van der Waals surface area (Å²) in [5.74, 6) is 0.528. The molecule has 188 valence electrons. The highest BCUT2D eigenvalue weighted by Crippen LogP contribution is 2.47. The van der Waals surface area contributed by atoms with Crippen LogP contribution in [0.3, 0.4) is 0 Å². The quantitative estimate of drug-likeness (QED) is 0.219. The Labute approximate surface area is 224 Å². The van der Waals surface area contributed by atoms with E-state index in [-0.39, 0.29) is 5.82 Å². The van der Waals surface area contributed by atoms with Gasteiger partial charge < -0.3 is 0 Å². The van der Waals surface area contributed by atoms with Crippen LogP contribution >= 0.6 is 11.6 Å². The Hall–Kier alpha value is -4.36. The number of allylic oxidation sites excluding steroid dienone is 1. The molecule has 0 saturated heterocycles. The Balaban J connectivity index is 1.48. The maximum atomic E-state index is 14.0. The van der Waals surface area contributed by atoms with Crippen molar-refractivity contribution in [3.63, 3.8) is 0 Å². The lowest BCUT2D eigenvalue weighted by Crippen LogP contribution is -2.15. The fourth-order valence-corrected chi connectivity index (χ4v) is 5.12. The van der Waals surface area contributed by atoms with E-state index in [0.29, 0.717) is 16.8 Å². The first kappa shape index (κ1) is 24.0. The number of benzene rings is 3. The summed E-state index contributed by atoms with van der Waals surface area (Å²) in [5, 5.41) is 21.3. The number of rotatable bonds is 7. The first-order valence-electron chi connectivity index (χ1n) is 12.5. The molecule has 8 heteroatoms. The molecule has 1 fully saturated rings. The second kappa shape index (κ2) is 10.6. The molecular formula is C30H24ClFN6. The average molecular weight is 523 g/mol. The molecule has 3 aromatic carbocycles. The van der Waals surface area contributed by atoms with Crippen LogP contribution in [0.2, 0.25) is 5.02 Å². The molecule has 0 unspecified atom stereocenters. The van der Waals surface area contributed by atoms with Gasteiger partial charge in [0.05, 0.1) is 11.2 Å². The lowest BCUT2D eigenvalue weighted by atomic mass is 9.73. The van der Waals surface area contributed by atoms with Gasteiger partial charge in [-0.15, -0.1) is 10.2 Å². The number of aromatic amines is 2. The maximum Gasteiger partial charge on any atom is 0.197 e. The van der Waals surface area contributed by atoms with Crippen molar-refractivity contribution in [2.24, 2.45) is 5.92 Å². The molecule has 5 aromatic rings. The van der Waals surface area contributed by atoms with Crippen molar-refractivity contribution in [3.05, 3.63) is 118 Å². The summed E-state index contributed by atoms with van der Waals surface area (Å²) >= 11 is 6.66. The molecule has 1 aliphatic carbocycles. The zero-order valence-electron chi connectivity index (χ0n) is 20.4. The minimum Gasteiger partial charge on any atom is -0.285 e. The third-order valence-corrected chi connectivity index (χ3v) is 7.31. The van der Waals surface area contributed by atoms with E-state index in [1.54, 1.807) is 0 Å². The van der Waals surface area contributed by atoms with Crippen molar-refractivity contribution in [2.45, 2.75) is 19.3 Å². The van der Waals surface area contributed by atoms with Gasteiger partial charge in [-0.1, -0.05) is 78.7 Å². The van der Waals surface area contributed by atoms with Gasteiger partial charge in [-0.3, -0.25) is 5.10 Å². The predicted octanol–water partition coefficient (Wildman–Crippen LogP) is 7.31. The third-order valence-electron chi connectivity index (χ3n) is 7.00. The molecule has 0 bridgehead atoms. The Morgan fingerprint density at radius 3 is 2.29 bits per heavy atom. The van der Waals surface area contributed by atoms with Gasteiger partial charge in [-0.2, -0.15) is 10.3 Å². The van der Waals surface area contributed by atoms with Crippen LogP contribution in [0.15, 0.2) is 79.1 Å². The standard InChI is InChI=1S/C30H24ClFN6/c31-27-16-25(32)13-14-26(27)30(21-2-1-3-21)29(23-11-9-20(10-12-23)24-17-33-34-18-24)22-7-4-19(5-8-22)6-15-28-35-37-38-36-28/h4-18,21H,1-3H2,(H,33,34)(H,35,36,37,38)/b15-6+,30-29?. The number of nitrogens with one attached hydrogen (secondary N) is 2. The second-order valence-electron chi connectivity index (χ2n) is 9.33. The van der Waals surface area contributed by atoms with Crippen molar-refractivity contribution in [1.82, 2.24) is 30.8 Å². The van der Waals surface area contributed by atoms with E-state index in [1.807, 2.05) is 30.6 Å². The lowest BCUT2D eigenvalue weighted by molar-refractivity contribution is 0.401. The molecular weight excluding hydrogens is 499 g/mol. The molecule has 1 aliphatic rings. The summed E-state index contributed by atoms with van der Waals surface area (Å²) in [6.07, 6.45) is 10.8. The fourth-order valence-electron chi connectivity index (χ4n) is 4.85. The number of tetrazole rings is 1. The summed E-state index contributed by atoms with van der Waals surface area (Å²) in [6, 6.07) is 21.6. The number of aromatic nitrogens is 6. The van der Waals surface area contributed by atoms with Crippen LogP contribution < -0.4 is 0 Å². The minimum atomic E-state index is -0.338. The van der Waals surface area contributed by atoms with Gasteiger partial charge in [0.2, 0.25) is 0 Å². The van der Waals surface area contributed by atoms with Crippen molar-refractivity contribution >= 4 is 34.9 Å². The van der Waals surface area contributed by atoms with Gasteiger partial charge in [0.25, 0.3) is 0 Å². The van der Waals surface area contributed by atoms with E-state index in [2.05, 4.69) is 79.4 Å². The monoisotopic (exact) mass is 522 g/mol. The van der Waals surface area contributed by atoms with Crippen molar-refractivity contribution < 1.29 is 4.39 Å². The van der Waals surface area contributed by atoms with E-state index in [1.165, 1.54) is 18.6 Å². The topological polar surface area (TPSA) is 83.1 Å². The first-order chi connectivity index (χ1) is 18.7. The van der Waals surface area contributed by atoms with E-state index in [0.717, 1.165) is 57.4 Å². The molecule has 6 nitrogen and oxygen atoms in total. The van der Waals surface area contributed by atoms with Crippen LogP contribution in [0, 0.1) is 11.7 Å². The van der Waals surface area contributed by atoms with Crippen molar-refractivity contribution in [2.75, 3.05) is 0 Å². The molecule has 0 radical (unpaired) electrons. The van der Waals surface area contributed by atoms with Crippen LogP contribution in [-0.2, 0) is 0 Å². The highest BCUT2D eigenvalue weighted by atomic mass is 35.5. The van der Waals surface area contributed by atoms with Gasteiger partial charge in [0.15, 0.2) is 5.82 Å². The molecule has 2 aromatic heterocycles. The Morgan fingerprint density at radius 2 is 1.68 bits per heavy atom. The Bertz CT molecular complexity index is 1580. The molecule has 2 heterocycles.